The molecule has 2 aliphatic heterocycles. The zero-order chi connectivity index (χ0) is 18.6. The lowest BCUT2D eigenvalue weighted by Gasteiger charge is -2.32. The highest BCUT2D eigenvalue weighted by atomic mass is 32.2. The minimum atomic E-state index is -3.22. The van der Waals surface area contributed by atoms with Gasteiger partial charge in [-0.1, -0.05) is 24.4 Å². The van der Waals surface area contributed by atoms with Crippen molar-refractivity contribution in [1.82, 2.24) is 9.80 Å². The van der Waals surface area contributed by atoms with E-state index in [9.17, 15) is 8.42 Å². The first-order valence-electron chi connectivity index (χ1n) is 8.66. The largest absolute Gasteiger partial charge is 0.378 e. The van der Waals surface area contributed by atoms with Gasteiger partial charge in [0.25, 0.3) is 0 Å². The molecule has 8 heteroatoms. The average molecular weight is 397 g/mol. The monoisotopic (exact) mass is 396 g/mol. The van der Waals surface area contributed by atoms with Crippen molar-refractivity contribution in [2.75, 3.05) is 58.9 Å². The van der Waals surface area contributed by atoms with Gasteiger partial charge in [-0.3, -0.25) is 0 Å². The predicted molar refractivity (Wildman–Crippen MR) is 105 cm³/mol. The van der Waals surface area contributed by atoms with E-state index in [1.165, 1.54) is 6.26 Å². The molecule has 1 aromatic carbocycles. The molecule has 2 heterocycles. The van der Waals surface area contributed by atoms with Gasteiger partial charge < -0.3 is 19.3 Å². The van der Waals surface area contributed by atoms with Gasteiger partial charge in [-0.05, 0) is 17.7 Å². The molecule has 0 bridgehead atoms. The second-order valence-electron chi connectivity index (χ2n) is 6.39. The van der Waals surface area contributed by atoms with E-state index in [1.807, 2.05) is 12.1 Å². The fourth-order valence-electron chi connectivity index (χ4n) is 2.96. The SMILES string of the molecule is CS(=O)(=O)c1ccc(C(=CN2CCOCC2)C(=S)N2CCOCC2)cc1. The van der Waals surface area contributed by atoms with E-state index in [1.54, 1.807) is 12.1 Å². The molecule has 2 aliphatic rings. The number of morpholine rings is 2. The minimum Gasteiger partial charge on any atom is -0.378 e. The molecule has 2 saturated heterocycles. The highest BCUT2D eigenvalue weighted by Gasteiger charge is 2.20. The Hall–Kier alpha value is -1.48. The first-order valence-corrected chi connectivity index (χ1v) is 11.0. The smallest absolute Gasteiger partial charge is 0.175 e. The van der Waals surface area contributed by atoms with Crippen LogP contribution in [-0.4, -0.2) is 82.1 Å². The molecule has 142 valence electrons. The van der Waals surface area contributed by atoms with Crippen molar-refractivity contribution in [3.8, 4) is 0 Å². The molecule has 2 fully saturated rings. The molecular formula is C18H24N2O4S2. The fraction of sp³-hybridized carbons (Fsp3) is 0.500. The molecule has 1 aromatic rings. The molecule has 0 unspecified atom stereocenters. The van der Waals surface area contributed by atoms with Gasteiger partial charge in [-0.2, -0.15) is 0 Å². The Balaban J connectivity index is 1.91. The summed E-state index contributed by atoms with van der Waals surface area (Å²) >= 11 is 5.78. The lowest BCUT2D eigenvalue weighted by Crippen LogP contribution is -2.41. The maximum absolute atomic E-state index is 11.7. The summed E-state index contributed by atoms with van der Waals surface area (Å²) in [4.78, 5) is 5.43. The lowest BCUT2D eigenvalue weighted by molar-refractivity contribution is 0.0595. The maximum atomic E-state index is 11.7. The summed E-state index contributed by atoms with van der Waals surface area (Å²) in [5, 5.41) is 0. The Labute approximate surface area is 160 Å². The fourth-order valence-corrected chi connectivity index (χ4v) is 3.94. The third kappa shape index (κ3) is 4.82. The van der Waals surface area contributed by atoms with Gasteiger partial charge in [0.1, 0.15) is 4.99 Å². The Morgan fingerprint density at radius 3 is 2.08 bits per heavy atom. The van der Waals surface area contributed by atoms with Crippen LogP contribution in [0.3, 0.4) is 0 Å². The number of hydrogen-bond acceptors (Lipinski definition) is 6. The van der Waals surface area contributed by atoms with Crippen molar-refractivity contribution in [3.05, 3.63) is 36.0 Å². The minimum absolute atomic E-state index is 0.310. The summed E-state index contributed by atoms with van der Waals surface area (Å²) in [6.45, 7) is 5.88. The molecule has 0 spiro atoms. The first-order chi connectivity index (χ1) is 12.4. The highest BCUT2D eigenvalue weighted by Crippen LogP contribution is 2.23. The average Bonchev–Trinajstić information content (AvgIpc) is 2.66. The van der Waals surface area contributed by atoms with Crippen LogP contribution in [0.2, 0.25) is 0 Å². The van der Waals surface area contributed by atoms with Crippen molar-refractivity contribution in [2.45, 2.75) is 4.90 Å². The Kier molecular flexibility index (Phi) is 6.29. The van der Waals surface area contributed by atoms with E-state index in [-0.39, 0.29) is 0 Å². The van der Waals surface area contributed by atoms with E-state index in [4.69, 9.17) is 21.7 Å². The first kappa shape index (κ1) is 19.3. The summed E-state index contributed by atoms with van der Waals surface area (Å²) < 4.78 is 34.3. The number of sulfone groups is 1. The van der Waals surface area contributed by atoms with E-state index in [0.29, 0.717) is 31.3 Å². The van der Waals surface area contributed by atoms with E-state index < -0.39 is 9.84 Å². The quantitative estimate of drug-likeness (QED) is 0.564. The van der Waals surface area contributed by atoms with Gasteiger partial charge in [0.05, 0.1) is 31.3 Å². The van der Waals surface area contributed by atoms with Crippen LogP contribution in [-0.2, 0) is 19.3 Å². The van der Waals surface area contributed by atoms with Crippen LogP contribution in [0.1, 0.15) is 5.56 Å². The van der Waals surface area contributed by atoms with Crippen molar-refractivity contribution in [1.29, 1.82) is 0 Å². The zero-order valence-corrected chi connectivity index (χ0v) is 16.5. The summed E-state index contributed by atoms with van der Waals surface area (Å²) in [5.41, 5.74) is 1.85. The van der Waals surface area contributed by atoms with Gasteiger partial charge in [0, 0.05) is 44.2 Å². The van der Waals surface area contributed by atoms with Gasteiger partial charge in [-0.15, -0.1) is 0 Å². The number of nitrogens with zero attached hydrogens (tertiary/aromatic N) is 2. The number of benzene rings is 1. The molecule has 6 nitrogen and oxygen atoms in total. The van der Waals surface area contributed by atoms with Crippen LogP contribution in [0.15, 0.2) is 35.4 Å². The van der Waals surface area contributed by atoms with Crippen molar-refractivity contribution < 1.29 is 17.9 Å². The van der Waals surface area contributed by atoms with Gasteiger partial charge in [0.15, 0.2) is 9.84 Å². The van der Waals surface area contributed by atoms with Crippen LogP contribution in [0.4, 0.5) is 0 Å². The van der Waals surface area contributed by atoms with Crippen molar-refractivity contribution in [3.63, 3.8) is 0 Å². The summed E-state index contributed by atoms with van der Waals surface area (Å²) in [5.74, 6) is 0. The zero-order valence-electron chi connectivity index (χ0n) is 14.9. The van der Waals surface area contributed by atoms with Crippen LogP contribution in [0.25, 0.3) is 5.57 Å². The second-order valence-corrected chi connectivity index (χ2v) is 8.79. The molecule has 0 amide bonds. The van der Waals surface area contributed by atoms with E-state index in [2.05, 4.69) is 16.0 Å². The molecule has 3 rings (SSSR count). The molecular weight excluding hydrogens is 372 g/mol. The standard InChI is InChI=1S/C18H24N2O4S2/c1-26(21,22)16-4-2-15(3-5-16)17(14-19-6-10-23-11-7-19)18(25)20-8-12-24-13-9-20/h2-5,14H,6-13H2,1H3. The number of rotatable bonds is 4. The molecule has 0 N–H and O–H groups in total. The molecule has 0 atom stereocenters. The Morgan fingerprint density at radius 1 is 1.00 bits per heavy atom. The predicted octanol–water partition coefficient (Wildman–Crippen LogP) is 1.42. The summed E-state index contributed by atoms with van der Waals surface area (Å²) in [6.07, 6.45) is 3.29. The van der Waals surface area contributed by atoms with E-state index >= 15 is 0 Å². The molecule has 0 aromatic heterocycles. The second kappa shape index (κ2) is 8.47. The Bertz CT molecular complexity index is 763. The van der Waals surface area contributed by atoms with Gasteiger partial charge >= 0.3 is 0 Å². The van der Waals surface area contributed by atoms with Crippen LogP contribution in [0.5, 0.6) is 0 Å². The van der Waals surface area contributed by atoms with E-state index in [0.717, 1.165) is 42.3 Å². The topological polar surface area (TPSA) is 59.1 Å². The Morgan fingerprint density at radius 2 is 1.54 bits per heavy atom. The number of hydrogen-bond donors (Lipinski definition) is 0. The van der Waals surface area contributed by atoms with Crippen molar-refractivity contribution in [2.24, 2.45) is 0 Å². The normalized spacial score (nSPS) is 19.5. The lowest BCUT2D eigenvalue weighted by atomic mass is 10.1. The third-order valence-electron chi connectivity index (χ3n) is 4.48. The number of thiocarbonyl (C=S) groups is 1. The van der Waals surface area contributed by atoms with Crippen LogP contribution >= 0.6 is 12.2 Å². The highest BCUT2D eigenvalue weighted by molar-refractivity contribution is 7.90. The summed E-state index contributed by atoms with van der Waals surface area (Å²) in [7, 11) is -3.22. The van der Waals surface area contributed by atoms with Crippen LogP contribution in [0, 0.1) is 0 Å². The maximum Gasteiger partial charge on any atom is 0.175 e. The summed E-state index contributed by atoms with van der Waals surface area (Å²) in [6, 6.07) is 6.93. The molecule has 0 aliphatic carbocycles. The van der Waals surface area contributed by atoms with Gasteiger partial charge in [0.2, 0.25) is 0 Å². The molecule has 26 heavy (non-hydrogen) atoms. The van der Waals surface area contributed by atoms with Crippen LogP contribution < -0.4 is 0 Å². The van der Waals surface area contributed by atoms with Crippen molar-refractivity contribution >= 4 is 32.6 Å². The molecule has 0 saturated carbocycles. The molecule has 0 radical (unpaired) electrons. The third-order valence-corrected chi connectivity index (χ3v) is 6.09. The number of ether oxygens (including phenoxy) is 2. The van der Waals surface area contributed by atoms with Gasteiger partial charge in [-0.25, -0.2) is 8.42 Å².